The first kappa shape index (κ1) is 8.02. The number of rotatable bonds is 2. The molecule has 2 N–H and O–H groups in total. The average Bonchev–Trinajstić information content (AvgIpc) is 2.13. The van der Waals surface area contributed by atoms with Crippen molar-refractivity contribution in [1.82, 2.24) is 4.90 Å². The molecule has 0 saturated heterocycles. The van der Waals surface area contributed by atoms with Crippen LogP contribution in [0, 0.1) is 5.92 Å². The summed E-state index contributed by atoms with van der Waals surface area (Å²) in [6.07, 6.45) is 3.80. The van der Waals surface area contributed by atoms with E-state index in [9.17, 15) is 0 Å². The van der Waals surface area contributed by atoms with E-state index in [1.807, 2.05) is 0 Å². The molecule has 0 aliphatic heterocycles. The van der Waals surface area contributed by atoms with Gasteiger partial charge < -0.3 is 10.6 Å². The van der Waals surface area contributed by atoms with Gasteiger partial charge in [0.05, 0.1) is 0 Å². The summed E-state index contributed by atoms with van der Waals surface area (Å²) in [5, 5.41) is 0. The summed E-state index contributed by atoms with van der Waals surface area (Å²) < 4.78 is 0. The zero-order valence-corrected chi connectivity index (χ0v) is 7.01. The van der Waals surface area contributed by atoms with Crippen LogP contribution in [0.15, 0.2) is 0 Å². The summed E-state index contributed by atoms with van der Waals surface area (Å²) >= 11 is 0. The average molecular weight is 142 g/mol. The van der Waals surface area contributed by atoms with Crippen molar-refractivity contribution >= 4 is 0 Å². The molecule has 10 heavy (non-hydrogen) atoms. The summed E-state index contributed by atoms with van der Waals surface area (Å²) in [7, 11) is 4.26. The highest BCUT2D eigenvalue weighted by atomic mass is 15.1. The van der Waals surface area contributed by atoms with Gasteiger partial charge in [0.25, 0.3) is 0 Å². The first-order valence-electron chi connectivity index (χ1n) is 4.09. The lowest BCUT2D eigenvalue weighted by atomic mass is 10.1. The lowest BCUT2D eigenvalue weighted by Gasteiger charge is -2.15. The van der Waals surface area contributed by atoms with E-state index in [0.29, 0.717) is 6.04 Å². The van der Waals surface area contributed by atoms with Crippen LogP contribution in [0.1, 0.15) is 19.3 Å². The molecule has 0 bridgehead atoms. The smallest absolute Gasteiger partial charge is 0.00420 e. The second-order valence-electron chi connectivity index (χ2n) is 3.70. The van der Waals surface area contributed by atoms with Crippen LogP contribution in [-0.2, 0) is 0 Å². The molecule has 1 aliphatic rings. The molecule has 0 heterocycles. The maximum Gasteiger partial charge on any atom is 0.00420 e. The first-order valence-corrected chi connectivity index (χ1v) is 4.09. The molecule has 0 aromatic carbocycles. The molecular formula is C8H18N2. The van der Waals surface area contributed by atoms with E-state index in [1.54, 1.807) is 0 Å². The van der Waals surface area contributed by atoms with Crippen LogP contribution >= 0.6 is 0 Å². The van der Waals surface area contributed by atoms with Crippen molar-refractivity contribution < 1.29 is 0 Å². The molecule has 1 saturated carbocycles. The van der Waals surface area contributed by atoms with Gasteiger partial charge in [-0.3, -0.25) is 0 Å². The molecule has 0 radical (unpaired) electrons. The zero-order valence-electron chi connectivity index (χ0n) is 7.01. The summed E-state index contributed by atoms with van der Waals surface area (Å²) in [6.45, 7) is 1.22. The number of hydrogen-bond acceptors (Lipinski definition) is 2. The van der Waals surface area contributed by atoms with E-state index in [-0.39, 0.29) is 0 Å². The maximum absolute atomic E-state index is 5.78. The minimum absolute atomic E-state index is 0.491. The highest BCUT2D eigenvalue weighted by molar-refractivity contribution is 4.78. The summed E-state index contributed by atoms with van der Waals surface area (Å²) in [6, 6.07) is 0.491. The molecule has 0 amide bonds. The Balaban J connectivity index is 2.18. The van der Waals surface area contributed by atoms with E-state index < -0.39 is 0 Å². The Kier molecular flexibility index (Phi) is 2.69. The van der Waals surface area contributed by atoms with E-state index in [4.69, 9.17) is 5.73 Å². The Bertz CT molecular complexity index is 101. The SMILES string of the molecule is CN(C)C[C@@H]1CC[C@@H](N)C1. The van der Waals surface area contributed by atoms with Gasteiger partial charge in [0.1, 0.15) is 0 Å². The van der Waals surface area contributed by atoms with Crippen LogP contribution in [0.25, 0.3) is 0 Å². The fourth-order valence-electron chi connectivity index (χ4n) is 1.80. The quantitative estimate of drug-likeness (QED) is 0.614. The standard InChI is InChI=1S/C8H18N2/c1-10(2)6-7-3-4-8(9)5-7/h7-8H,3-6,9H2,1-2H3/t7-,8-/m1/s1. The Labute approximate surface area is 63.4 Å². The van der Waals surface area contributed by atoms with Crippen LogP contribution in [0.2, 0.25) is 0 Å². The lowest BCUT2D eigenvalue weighted by Crippen LogP contribution is -2.22. The molecule has 2 heteroatoms. The van der Waals surface area contributed by atoms with Gasteiger partial charge in [-0.1, -0.05) is 0 Å². The van der Waals surface area contributed by atoms with Crippen LogP contribution < -0.4 is 5.73 Å². The maximum atomic E-state index is 5.78. The van der Waals surface area contributed by atoms with Crippen molar-refractivity contribution in [3.63, 3.8) is 0 Å². The normalized spacial score (nSPS) is 33.6. The fraction of sp³-hybridized carbons (Fsp3) is 1.00. The van der Waals surface area contributed by atoms with Crippen molar-refractivity contribution in [2.45, 2.75) is 25.3 Å². The topological polar surface area (TPSA) is 29.3 Å². The molecule has 2 atom stereocenters. The molecule has 0 spiro atoms. The van der Waals surface area contributed by atoms with E-state index in [1.165, 1.54) is 25.8 Å². The van der Waals surface area contributed by atoms with E-state index in [2.05, 4.69) is 19.0 Å². The minimum Gasteiger partial charge on any atom is -0.328 e. The van der Waals surface area contributed by atoms with Gasteiger partial charge in [0, 0.05) is 12.6 Å². The van der Waals surface area contributed by atoms with E-state index in [0.717, 1.165) is 5.92 Å². The molecule has 0 aromatic heterocycles. The first-order chi connectivity index (χ1) is 4.68. The predicted molar refractivity (Wildman–Crippen MR) is 43.9 cm³/mol. The van der Waals surface area contributed by atoms with Crippen LogP contribution in [-0.4, -0.2) is 31.6 Å². The summed E-state index contributed by atoms with van der Waals surface area (Å²) in [5.41, 5.74) is 5.78. The number of nitrogens with two attached hydrogens (primary N) is 1. The van der Waals surface area contributed by atoms with Gasteiger partial charge in [-0.25, -0.2) is 0 Å². The monoisotopic (exact) mass is 142 g/mol. The number of nitrogens with zero attached hydrogens (tertiary/aromatic N) is 1. The predicted octanol–water partition coefficient (Wildman–Crippen LogP) is 0.675. The minimum atomic E-state index is 0.491. The Morgan fingerprint density at radius 2 is 2.10 bits per heavy atom. The van der Waals surface area contributed by atoms with Crippen molar-refractivity contribution in [3.8, 4) is 0 Å². The molecule has 60 valence electrons. The number of hydrogen-bond donors (Lipinski definition) is 1. The summed E-state index contributed by atoms with van der Waals surface area (Å²) in [5.74, 6) is 0.866. The van der Waals surface area contributed by atoms with Crippen LogP contribution in [0.3, 0.4) is 0 Å². The highest BCUT2D eigenvalue weighted by Crippen LogP contribution is 2.23. The van der Waals surface area contributed by atoms with Gasteiger partial charge in [-0.2, -0.15) is 0 Å². The van der Waals surface area contributed by atoms with Crippen LogP contribution in [0.4, 0.5) is 0 Å². The molecule has 0 aromatic rings. The Morgan fingerprint density at radius 1 is 1.40 bits per heavy atom. The molecule has 1 fully saturated rings. The molecular weight excluding hydrogens is 124 g/mol. The van der Waals surface area contributed by atoms with Crippen molar-refractivity contribution in [1.29, 1.82) is 0 Å². The van der Waals surface area contributed by atoms with Gasteiger partial charge >= 0.3 is 0 Å². The fourth-order valence-corrected chi connectivity index (χ4v) is 1.80. The highest BCUT2D eigenvalue weighted by Gasteiger charge is 2.21. The Hall–Kier alpha value is -0.0800. The van der Waals surface area contributed by atoms with Gasteiger partial charge in [0.15, 0.2) is 0 Å². The second-order valence-corrected chi connectivity index (χ2v) is 3.70. The lowest BCUT2D eigenvalue weighted by molar-refractivity contribution is 0.326. The third kappa shape index (κ3) is 2.27. The molecule has 1 aliphatic carbocycles. The van der Waals surface area contributed by atoms with Crippen molar-refractivity contribution in [2.75, 3.05) is 20.6 Å². The third-order valence-electron chi connectivity index (χ3n) is 2.21. The zero-order chi connectivity index (χ0) is 7.56. The molecule has 2 nitrogen and oxygen atoms in total. The largest absolute Gasteiger partial charge is 0.328 e. The molecule has 0 unspecified atom stereocenters. The van der Waals surface area contributed by atoms with Gasteiger partial charge in [-0.05, 0) is 39.3 Å². The third-order valence-corrected chi connectivity index (χ3v) is 2.21. The van der Waals surface area contributed by atoms with Gasteiger partial charge in [-0.15, -0.1) is 0 Å². The van der Waals surface area contributed by atoms with Crippen molar-refractivity contribution in [3.05, 3.63) is 0 Å². The Morgan fingerprint density at radius 3 is 2.50 bits per heavy atom. The van der Waals surface area contributed by atoms with Crippen molar-refractivity contribution in [2.24, 2.45) is 11.7 Å². The van der Waals surface area contributed by atoms with Crippen LogP contribution in [0.5, 0.6) is 0 Å². The van der Waals surface area contributed by atoms with Gasteiger partial charge in [0.2, 0.25) is 0 Å². The second kappa shape index (κ2) is 3.35. The molecule has 1 rings (SSSR count). The summed E-state index contributed by atoms with van der Waals surface area (Å²) in [4.78, 5) is 2.25. The van der Waals surface area contributed by atoms with E-state index >= 15 is 0 Å².